The van der Waals surface area contributed by atoms with Gasteiger partial charge in [0.2, 0.25) is 5.76 Å². The molecule has 0 amide bonds. The van der Waals surface area contributed by atoms with Crippen LogP contribution in [0.2, 0.25) is 0 Å². The molecule has 20 heavy (non-hydrogen) atoms. The van der Waals surface area contributed by atoms with E-state index in [0.29, 0.717) is 5.56 Å². The van der Waals surface area contributed by atoms with Crippen molar-refractivity contribution in [2.24, 2.45) is 0 Å². The zero-order valence-corrected chi connectivity index (χ0v) is 11.5. The van der Waals surface area contributed by atoms with Gasteiger partial charge in [-0.05, 0) is 30.8 Å². The van der Waals surface area contributed by atoms with Crippen LogP contribution < -0.4 is 10.1 Å². The maximum Gasteiger partial charge on any atom is 0.374 e. The van der Waals surface area contributed by atoms with E-state index in [-0.39, 0.29) is 12.4 Å². The molecule has 0 spiro atoms. The van der Waals surface area contributed by atoms with E-state index in [0.717, 1.165) is 17.9 Å². The highest BCUT2D eigenvalue weighted by Crippen LogP contribution is 2.18. The number of hydrogen-bond donors (Lipinski definition) is 1. The van der Waals surface area contributed by atoms with Crippen LogP contribution in [0.5, 0.6) is 5.75 Å². The van der Waals surface area contributed by atoms with Crippen LogP contribution in [0.1, 0.15) is 21.7 Å². The van der Waals surface area contributed by atoms with Crippen molar-refractivity contribution in [2.45, 2.75) is 13.2 Å². The number of carbonyl (C=O) groups is 1. The van der Waals surface area contributed by atoms with E-state index in [1.54, 1.807) is 6.07 Å². The minimum atomic E-state index is -0.502. The van der Waals surface area contributed by atoms with Crippen molar-refractivity contribution in [1.29, 1.82) is 0 Å². The summed E-state index contributed by atoms with van der Waals surface area (Å²) in [6.07, 6.45) is 1.45. The van der Waals surface area contributed by atoms with Gasteiger partial charge >= 0.3 is 5.97 Å². The average molecular weight is 275 g/mol. The molecule has 106 valence electrons. The number of esters is 1. The maximum atomic E-state index is 11.5. The lowest BCUT2D eigenvalue weighted by Crippen LogP contribution is -2.06. The van der Waals surface area contributed by atoms with Crippen molar-refractivity contribution in [2.75, 3.05) is 14.2 Å². The minimum absolute atomic E-state index is 0.180. The monoisotopic (exact) mass is 275 g/mol. The minimum Gasteiger partial charge on any atom is -0.489 e. The Morgan fingerprint density at radius 3 is 2.95 bits per heavy atom. The molecule has 0 aliphatic rings. The van der Waals surface area contributed by atoms with Gasteiger partial charge < -0.3 is 19.2 Å². The SMILES string of the molecule is CNCc1cccc(OCc2ccoc2C(=O)OC)c1. The molecule has 5 heteroatoms. The fourth-order valence-corrected chi connectivity index (χ4v) is 1.83. The molecule has 1 aromatic carbocycles. The van der Waals surface area contributed by atoms with Crippen molar-refractivity contribution in [3.8, 4) is 5.75 Å². The summed E-state index contributed by atoms with van der Waals surface area (Å²) >= 11 is 0. The molecule has 1 aromatic heterocycles. The first-order chi connectivity index (χ1) is 9.74. The Kier molecular flexibility index (Phi) is 4.79. The maximum absolute atomic E-state index is 11.5. The summed E-state index contributed by atoms with van der Waals surface area (Å²) in [5.41, 5.74) is 1.79. The molecule has 0 bridgehead atoms. The van der Waals surface area contributed by atoms with E-state index in [9.17, 15) is 4.79 Å². The molecule has 0 aliphatic heterocycles. The Hall–Kier alpha value is -2.27. The second-order valence-corrected chi connectivity index (χ2v) is 4.23. The number of benzene rings is 1. The molecule has 0 atom stereocenters. The second-order valence-electron chi connectivity index (χ2n) is 4.23. The Balaban J connectivity index is 2.03. The summed E-state index contributed by atoms with van der Waals surface area (Å²) in [4.78, 5) is 11.5. The van der Waals surface area contributed by atoms with Gasteiger partial charge in [0, 0.05) is 12.1 Å². The lowest BCUT2D eigenvalue weighted by Gasteiger charge is -2.07. The predicted molar refractivity (Wildman–Crippen MR) is 73.6 cm³/mol. The third-order valence-electron chi connectivity index (χ3n) is 2.79. The van der Waals surface area contributed by atoms with Gasteiger partial charge in [-0.1, -0.05) is 12.1 Å². The molecule has 0 saturated carbocycles. The van der Waals surface area contributed by atoms with E-state index in [1.807, 2.05) is 31.3 Å². The van der Waals surface area contributed by atoms with Crippen LogP contribution in [-0.4, -0.2) is 20.1 Å². The first-order valence-corrected chi connectivity index (χ1v) is 6.25. The Labute approximate surface area is 117 Å². The zero-order chi connectivity index (χ0) is 14.4. The highest BCUT2D eigenvalue weighted by molar-refractivity contribution is 5.87. The van der Waals surface area contributed by atoms with E-state index >= 15 is 0 Å². The van der Waals surface area contributed by atoms with E-state index in [2.05, 4.69) is 10.1 Å². The molecule has 1 N–H and O–H groups in total. The highest BCUT2D eigenvalue weighted by atomic mass is 16.5. The Morgan fingerprint density at radius 2 is 2.20 bits per heavy atom. The summed E-state index contributed by atoms with van der Waals surface area (Å²) in [6, 6.07) is 9.47. The molecule has 2 rings (SSSR count). The van der Waals surface area contributed by atoms with Gasteiger partial charge in [0.1, 0.15) is 12.4 Å². The van der Waals surface area contributed by atoms with Crippen LogP contribution >= 0.6 is 0 Å². The lowest BCUT2D eigenvalue weighted by atomic mass is 10.2. The molecular formula is C15H17NO4. The normalized spacial score (nSPS) is 10.3. The third-order valence-corrected chi connectivity index (χ3v) is 2.79. The average Bonchev–Trinajstić information content (AvgIpc) is 2.93. The second kappa shape index (κ2) is 6.77. The first-order valence-electron chi connectivity index (χ1n) is 6.25. The standard InChI is InChI=1S/C15H17NO4/c1-16-9-11-4-3-5-13(8-11)20-10-12-6-7-19-14(12)15(17)18-2/h3-8,16H,9-10H2,1-2H3. The molecule has 0 unspecified atom stereocenters. The molecule has 0 fully saturated rings. The zero-order valence-electron chi connectivity index (χ0n) is 11.5. The summed E-state index contributed by atoms with van der Waals surface area (Å²) in [5, 5.41) is 3.08. The summed E-state index contributed by atoms with van der Waals surface area (Å²) in [7, 11) is 3.21. The lowest BCUT2D eigenvalue weighted by molar-refractivity contribution is 0.0561. The highest BCUT2D eigenvalue weighted by Gasteiger charge is 2.16. The first kappa shape index (κ1) is 14.1. The number of carbonyl (C=O) groups excluding carboxylic acids is 1. The van der Waals surface area contributed by atoms with Crippen LogP contribution in [0, 0.1) is 0 Å². The Morgan fingerprint density at radius 1 is 1.35 bits per heavy atom. The fraction of sp³-hybridized carbons (Fsp3) is 0.267. The summed E-state index contributed by atoms with van der Waals surface area (Å²) in [6.45, 7) is 1.03. The van der Waals surface area contributed by atoms with Crippen LogP contribution in [0.25, 0.3) is 0 Å². The van der Waals surface area contributed by atoms with Gasteiger partial charge in [-0.3, -0.25) is 0 Å². The molecule has 0 radical (unpaired) electrons. The van der Waals surface area contributed by atoms with E-state index in [4.69, 9.17) is 9.15 Å². The number of nitrogens with one attached hydrogen (secondary N) is 1. The van der Waals surface area contributed by atoms with Crippen molar-refractivity contribution < 1.29 is 18.7 Å². The number of ether oxygens (including phenoxy) is 2. The Bertz CT molecular complexity index is 577. The molecular weight excluding hydrogens is 258 g/mol. The van der Waals surface area contributed by atoms with E-state index in [1.165, 1.54) is 13.4 Å². The van der Waals surface area contributed by atoms with Gasteiger partial charge in [0.05, 0.1) is 13.4 Å². The van der Waals surface area contributed by atoms with Crippen LogP contribution in [0.4, 0.5) is 0 Å². The summed E-state index contributed by atoms with van der Waals surface area (Å²) < 4.78 is 15.4. The van der Waals surface area contributed by atoms with Crippen LogP contribution in [0.15, 0.2) is 41.0 Å². The van der Waals surface area contributed by atoms with Gasteiger partial charge in [-0.15, -0.1) is 0 Å². The number of methoxy groups -OCH3 is 1. The number of furan rings is 1. The van der Waals surface area contributed by atoms with Gasteiger partial charge in [0.15, 0.2) is 0 Å². The predicted octanol–water partition coefficient (Wildman–Crippen LogP) is 2.36. The van der Waals surface area contributed by atoms with E-state index < -0.39 is 5.97 Å². The number of hydrogen-bond acceptors (Lipinski definition) is 5. The van der Waals surface area contributed by atoms with Crippen LogP contribution in [-0.2, 0) is 17.9 Å². The van der Waals surface area contributed by atoms with Gasteiger partial charge in [0.25, 0.3) is 0 Å². The van der Waals surface area contributed by atoms with Gasteiger partial charge in [-0.25, -0.2) is 4.79 Å². The number of rotatable bonds is 6. The smallest absolute Gasteiger partial charge is 0.374 e. The van der Waals surface area contributed by atoms with Crippen LogP contribution in [0.3, 0.4) is 0 Å². The van der Waals surface area contributed by atoms with Gasteiger partial charge in [-0.2, -0.15) is 0 Å². The molecule has 2 aromatic rings. The van der Waals surface area contributed by atoms with Crippen molar-refractivity contribution in [3.63, 3.8) is 0 Å². The molecule has 0 aliphatic carbocycles. The van der Waals surface area contributed by atoms with Crippen molar-refractivity contribution >= 4 is 5.97 Å². The quantitative estimate of drug-likeness (QED) is 0.820. The fourth-order valence-electron chi connectivity index (χ4n) is 1.83. The largest absolute Gasteiger partial charge is 0.489 e. The van der Waals surface area contributed by atoms with Crippen molar-refractivity contribution in [3.05, 3.63) is 53.5 Å². The molecule has 5 nitrogen and oxygen atoms in total. The third kappa shape index (κ3) is 3.39. The molecule has 0 saturated heterocycles. The summed E-state index contributed by atoms with van der Waals surface area (Å²) in [5.74, 6) is 0.422. The molecule has 1 heterocycles. The topological polar surface area (TPSA) is 60.7 Å². The van der Waals surface area contributed by atoms with Crippen molar-refractivity contribution in [1.82, 2.24) is 5.32 Å².